The molecule has 0 aliphatic heterocycles. The molecule has 310 valence electrons. The van der Waals surface area contributed by atoms with Gasteiger partial charge < -0.3 is 10.2 Å². The Kier molecular flexibility index (Phi) is 15.4. The molecule has 16 heteroatoms. The van der Waals surface area contributed by atoms with Crippen LogP contribution in [0, 0.1) is 22.0 Å². The molecule has 0 amide bonds. The van der Waals surface area contributed by atoms with Crippen LogP contribution in [-0.2, 0) is 31.7 Å². The van der Waals surface area contributed by atoms with Gasteiger partial charge in [0.05, 0.1) is 18.7 Å². The number of benzene rings is 3. The molecule has 0 spiro atoms. The number of nitrogens with zero attached hydrogens (tertiary/aromatic N) is 8. The average Bonchev–Trinajstić information content (AvgIpc) is 3.98. The van der Waals surface area contributed by atoms with Gasteiger partial charge in [0.15, 0.2) is 0 Å². The molecule has 2 aliphatic carbocycles. The Hall–Kier alpha value is -3.62. The molecular formula is C42H51Cl4N9O2S. The maximum atomic E-state index is 11.3. The molecule has 3 N–H and O–H groups in total. The number of nitrogens with one attached hydrogen (secondary N) is 1. The second-order valence-electron chi connectivity index (χ2n) is 15.5. The minimum atomic E-state index is -0.945. The maximum Gasteiger partial charge on any atom is 0.215 e. The van der Waals surface area contributed by atoms with E-state index >= 15 is 0 Å². The van der Waals surface area contributed by atoms with Gasteiger partial charge in [0.1, 0.15) is 37.2 Å². The summed E-state index contributed by atoms with van der Waals surface area (Å²) < 4.78 is 5.65. The zero-order valence-electron chi connectivity index (χ0n) is 32.0. The number of aromatic amines is 1. The number of aliphatic hydroxyl groups is 2. The highest BCUT2D eigenvalue weighted by atomic mass is 35.5. The molecule has 3 aromatic carbocycles. The van der Waals surface area contributed by atoms with Crippen LogP contribution in [0.25, 0.3) is 0 Å². The third kappa shape index (κ3) is 11.3. The first-order chi connectivity index (χ1) is 27.2. The normalized spacial score (nSPS) is 17.2. The van der Waals surface area contributed by atoms with Gasteiger partial charge in [-0.15, -0.1) is 0 Å². The second kappa shape index (κ2) is 19.6. The Bertz CT molecular complexity index is 2240. The van der Waals surface area contributed by atoms with Gasteiger partial charge in [-0.3, -0.25) is 14.5 Å². The first-order valence-electron chi connectivity index (χ1n) is 18.8. The zero-order chi connectivity index (χ0) is 40.8. The number of hydrogen-bond donors (Lipinski definition) is 3. The van der Waals surface area contributed by atoms with E-state index in [1.165, 1.54) is 25.5 Å². The Balaban J connectivity index is 0.000000166. The second-order valence-corrected chi connectivity index (χ2v) is 17.5. The van der Waals surface area contributed by atoms with Crippen molar-refractivity contribution in [3.05, 3.63) is 140 Å². The van der Waals surface area contributed by atoms with Crippen LogP contribution < -0.4 is 0 Å². The molecule has 2 aliphatic rings. The molecule has 8 rings (SSSR count). The van der Waals surface area contributed by atoms with Gasteiger partial charge in [0, 0.05) is 39.0 Å². The van der Waals surface area contributed by atoms with E-state index in [9.17, 15) is 10.2 Å². The van der Waals surface area contributed by atoms with Gasteiger partial charge in [-0.05, 0) is 102 Å². The lowest BCUT2D eigenvalue weighted by molar-refractivity contribution is -0.0443. The van der Waals surface area contributed by atoms with Crippen LogP contribution in [0.2, 0.25) is 20.1 Å². The summed E-state index contributed by atoms with van der Waals surface area (Å²) in [6.45, 7) is 7.88. The molecule has 4 atom stereocenters. The van der Waals surface area contributed by atoms with Crippen molar-refractivity contribution in [1.82, 2.24) is 44.3 Å². The summed E-state index contributed by atoms with van der Waals surface area (Å²) in [6, 6.07) is 20.7. The van der Waals surface area contributed by atoms with Gasteiger partial charge in [-0.25, -0.2) is 19.6 Å². The van der Waals surface area contributed by atoms with E-state index in [4.69, 9.17) is 58.6 Å². The van der Waals surface area contributed by atoms with Gasteiger partial charge in [-0.1, -0.05) is 111 Å². The van der Waals surface area contributed by atoms with E-state index in [2.05, 4.69) is 51.0 Å². The number of H-pyrrole nitrogens is 1. The third-order valence-corrected chi connectivity index (χ3v) is 12.8. The van der Waals surface area contributed by atoms with Crippen LogP contribution in [0.5, 0.6) is 0 Å². The van der Waals surface area contributed by atoms with Crippen molar-refractivity contribution in [2.75, 3.05) is 0 Å². The van der Waals surface area contributed by atoms with E-state index in [1.54, 1.807) is 39.1 Å². The Morgan fingerprint density at radius 2 is 1.50 bits per heavy atom. The highest BCUT2D eigenvalue weighted by molar-refractivity contribution is 7.71. The van der Waals surface area contributed by atoms with Crippen molar-refractivity contribution in [2.24, 2.45) is 17.3 Å². The van der Waals surface area contributed by atoms with E-state index < -0.39 is 11.2 Å². The number of halogens is 4. The summed E-state index contributed by atoms with van der Waals surface area (Å²) in [5.41, 5.74) is 0.966. The topological polar surface area (TPSA) is 135 Å². The molecule has 3 aromatic heterocycles. The molecular weight excluding hydrogens is 836 g/mol. The maximum absolute atomic E-state index is 11.3. The summed E-state index contributed by atoms with van der Waals surface area (Å²) in [7, 11) is 0. The first kappa shape index (κ1) is 45.5. The molecule has 4 unspecified atom stereocenters. The first-order valence-corrected chi connectivity index (χ1v) is 20.8. The third-order valence-electron chi connectivity index (χ3n) is 11.3. The fourth-order valence-corrected chi connectivity index (χ4v) is 8.21. The van der Waals surface area contributed by atoms with Gasteiger partial charge in [0.2, 0.25) is 4.77 Å². The van der Waals surface area contributed by atoms with Crippen molar-refractivity contribution in [3.63, 3.8) is 0 Å². The highest BCUT2D eigenvalue weighted by Gasteiger charge is 2.55. The molecule has 2 fully saturated rings. The summed E-state index contributed by atoms with van der Waals surface area (Å²) in [5, 5.41) is 36.5. The number of hydrogen-bond acceptors (Lipinski definition) is 8. The van der Waals surface area contributed by atoms with E-state index in [0.29, 0.717) is 50.3 Å². The van der Waals surface area contributed by atoms with Crippen LogP contribution in [-0.4, -0.2) is 60.1 Å². The Labute approximate surface area is 365 Å². The van der Waals surface area contributed by atoms with Gasteiger partial charge in [-0.2, -0.15) is 10.2 Å². The zero-order valence-corrected chi connectivity index (χ0v) is 35.9. The molecule has 11 nitrogen and oxygen atoms in total. The molecule has 0 saturated heterocycles. The van der Waals surface area contributed by atoms with Crippen molar-refractivity contribution in [3.8, 4) is 0 Å². The van der Waals surface area contributed by atoms with Crippen LogP contribution in [0.4, 0.5) is 0 Å². The van der Waals surface area contributed by atoms with Crippen molar-refractivity contribution in [2.45, 2.75) is 97.1 Å². The summed E-state index contributed by atoms with van der Waals surface area (Å²) >= 11 is 29.4. The van der Waals surface area contributed by atoms with E-state index in [-0.39, 0.29) is 24.7 Å². The van der Waals surface area contributed by atoms with Crippen molar-refractivity contribution >= 4 is 58.6 Å². The molecule has 58 heavy (non-hydrogen) atoms. The fraction of sp³-hybridized carbons (Fsp3) is 0.429. The number of rotatable bonds is 13. The lowest BCUT2D eigenvalue weighted by Gasteiger charge is -2.35. The van der Waals surface area contributed by atoms with Crippen LogP contribution in [0.1, 0.15) is 76.5 Å². The molecule has 2 saturated carbocycles. The SMILES string of the molecule is C.CC(C1CC1)C(O)(Cn1cncn1)c1ccc(Cl)cc1.CC(Cn1cncn1)c1ccc(Cl)cc1Cl.CC1(C(O)(Cc2ccccc2Cl)Cn2[nH]cnc2=S)CC1. The summed E-state index contributed by atoms with van der Waals surface area (Å²) in [6.07, 6.45) is 12.8. The van der Waals surface area contributed by atoms with Crippen molar-refractivity contribution < 1.29 is 10.2 Å². The van der Waals surface area contributed by atoms with Gasteiger partial charge >= 0.3 is 0 Å². The number of aromatic nitrogens is 9. The Morgan fingerprint density at radius 1 is 0.862 bits per heavy atom. The highest BCUT2D eigenvalue weighted by Crippen LogP contribution is 2.55. The lowest BCUT2D eigenvalue weighted by Crippen LogP contribution is -2.45. The van der Waals surface area contributed by atoms with Crippen LogP contribution in [0.3, 0.4) is 0 Å². The quantitative estimate of drug-likeness (QED) is 0.0976. The van der Waals surface area contributed by atoms with Crippen molar-refractivity contribution in [1.29, 1.82) is 0 Å². The minimum absolute atomic E-state index is 0. The summed E-state index contributed by atoms with van der Waals surface area (Å²) in [5.74, 6) is 1.03. The molecule has 0 bridgehead atoms. The largest absolute Gasteiger partial charge is 0.387 e. The smallest absolute Gasteiger partial charge is 0.215 e. The molecule has 6 aromatic rings. The predicted octanol–water partition coefficient (Wildman–Crippen LogP) is 10.3. The molecule has 0 radical (unpaired) electrons. The van der Waals surface area contributed by atoms with E-state index in [0.717, 1.165) is 36.1 Å². The average molecular weight is 888 g/mol. The lowest BCUT2D eigenvalue weighted by atomic mass is 9.79. The van der Waals surface area contributed by atoms with E-state index in [1.807, 2.05) is 60.7 Å². The van der Waals surface area contributed by atoms with Crippen LogP contribution in [0.15, 0.2) is 98.4 Å². The van der Waals surface area contributed by atoms with Crippen LogP contribution >= 0.6 is 58.6 Å². The predicted molar refractivity (Wildman–Crippen MR) is 234 cm³/mol. The monoisotopic (exact) mass is 885 g/mol. The minimum Gasteiger partial charge on any atom is -0.387 e. The Morgan fingerprint density at radius 3 is 2.05 bits per heavy atom. The fourth-order valence-electron chi connectivity index (χ4n) is 7.11. The van der Waals surface area contributed by atoms with Gasteiger partial charge in [0.25, 0.3) is 0 Å². The summed E-state index contributed by atoms with van der Waals surface area (Å²) in [4.78, 5) is 11.9. The molecule has 3 heterocycles. The standard InChI is InChI=1S/C15H18ClN3OS.C15H18ClN3O.C11H11Cl2N3.CH4/c1-14(6-7-14)15(20,9-19-13(21)17-10-18-19)8-11-4-2-3-5-12(11)16;1-11(12-2-3-12)15(20,8-19-10-17-9-18-19)13-4-6-14(16)7-5-13;1-8(5-16-7-14-6-15-16)10-3-2-9(12)4-11(10)13;/h2-5,10,20H,6-9H2,1H3,(H,17,18,21);4-7,9-12,20H,2-3,8H2,1H3;2-4,6-8H,5H2,1H3;1H4.